The van der Waals surface area contributed by atoms with Gasteiger partial charge in [-0.25, -0.2) is 0 Å². The lowest BCUT2D eigenvalue weighted by atomic mass is 10.2. The highest BCUT2D eigenvalue weighted by molar-refractivity contribution is 9.10. The molecule has 3 aromatic rings. The Kier molecular flexibility index (Phi) is 6.46. The average Bonchev–Trinajstić information content (AvgIpc) is 3.00. The Morgan fingerprint density at radius 1 is 0.933 bits per heavy atom. The Hall–Kier alpha value is -2.28. The fourth-order valence-electron chi connectivity index (χ4n) is 2.96. The van der Waals surface area contributed by atoms with Gasteiger partial charge in [-0.1, -0.05) is 75.7 Å². The monoisotopic (exact) mass is 495 g/mol. The number of carbonyl (C=O) groups is 2. The van der Waals surface area contributed by atoms with E-state index >= 15 is 0 Å². The molecule has 0 aliphatic carbocycles. The van der Waals surface area contributed by atoms with E-state index in [2.05, 4.69) is 47.1 Å². The van der Waals surface area contributed by atoms with E-state index < -0.39 is 0 Å². The third-order valence-electron chi connectivity index (χ3n) is 4.59. The first-order valence-corrected chi connectivity index (χ1v) is 11.8. The highest BCUT2D eigenvalue weighted by Gasteiger charge is 2.35. The maximum Gasteiger partial charge on any atom is 0.293 e. The number of thioether (sulfide) groups is 1. The van der Waals surface area contributed by atoms with E-state index in [9.17, 15) is 9.59 Å². The zero-order chi connectivity index (χ0) is 21.1. The molecule has 0 radical (unpaired) electrons. The molecule has 1 aliphatic rings. The van der Waals surface area contributed by atoms with Crippen LogP contribution in [-0.4, -0.2) is 16.0 Å². The third-order valence-corrected chi connectivity index (χ3v) is 7.29. The van der Waals surface area contributed by atoms with Crippen LogP contribution >= 0.6 is 39.5 Å². The summed E-state index contributed by atoms with van der Waals surface area (Å²) in [4.78, 5) is 29.2. The minimum Gasteiger partial charge on any atom is -0.268 e. The van der Waals surface area contributed by atoms with Crippen molar-refractivity contribution in [3.8, 4) is 0 Å². The van der Waals surface area contributed by atoms with Crippen LogP contribution in [0.25, 0.3) is 6.08 Å². The Balaban J connectivity index is 1.46. The van der Waals surface area contributed by atoms with Crippen molar-refractivity contribution in [2.45, 2.75) is 23.3 Å². The van der Waals surface area contributed by atoms with Gasteiger partial charge in [-0.3, -0.25) is 14.5 Å². The second-order valence-electron chi connectivity index (χ2n) is 6.84. The molecule has 1 saturated heterocycles. The molecular weight excluding hydrogens is 478 g/mol. The van der Waals surface area contributed by atoms with Gasteiger partial charge < -0.3 is 0 Å². The summed E-state index contributed by atoms with van der Waals surface area (Å²) in [6.45, 7) is 2.33. The Morgan fingerprint density at radius 3 is 2.23 bits per heavy atom. The largest absolute Gasteiger partial charge is 0.293 e. The number of rotatable bonds is 5. The van der Waals surface area contributed by atoms with Crippen molar-refractivity contribution < 1.29 is 9.59 Å². The molecule has 0 unspecified atom stereocenters. The molecule has 0 spiro atoms. The van der Waals surface area contributed by atoms with Gasteiger partial charge in [0.05, 0.1) is 11.4 Å². The van der Waals surface area contributed by atoms with Crippen molar-refractivity contribution in [2.24, 2.45) is 0 Å². The number of amides is 2. The smallest absolute Gasteiger partial charge is 0.268 e. The molecule has 30 heavy (non-hydrogen) atoms. The first-order chi connectivity index (χ1) is 14.5. The number of imide groups is 1. The molecule has 1 heterocycles. The van der Waals surface area contributed by atoms with Crippen LogP contribution in [0.15, 0.2) is 92.0 Å². The number of aryl methyl sites for hydroxylation is 1. The maximum atomic E-state index is 12.8. The summed E-state index contributed by atoms with van der Waals surface area (Å²) >= 11 is 6.15. The molecule has 150 valence electrons. The maximum absolute atomic E-state index is 12.8. The molecule has 0 bridgehead atoms. The van der Waals surface area contributed by atoms with Gasteiger partial charge in [0.15, 0.2) is 0 Å². The second-order valence-corrected chi connectivity index (χ2v) is 9.84. The van der Waals surface area contributed by atoms with Crippen molar-refractivity contribution in [2.75, 3.05) is 0 Å². The van der Waals surface area contributed by atoms with Crippen molar-refractivity contribution >= 4 is 56.7 Å². The first-order valence-electron chi connectivity index (χ1n) is 9.33. The Labute approximate surface area is 192 Å². The van der Waals surface area contributed by atoms with Crippen molar-refractivity contribution in [1.29, 1.82) is 0 Å². The molecular formula is C24H18BrNO2S2. The van der Waals surface area contributed by atoms with Gasteiger partial charge in [-0.15, -0.1) is 0 Å². The summed E-state index contributed by atoms with van der Waals surface area (Å²) in [7, 11) is 0. The number of hydrogen-bond donors (Lipinski definition) is 0. The lowest BCUT2D eigenvalue weighted by Crippen LogP contribution is -2.27. The van der Waals surface area contributed by atoms with Gasteiger partial charge in [-0.2, -0.15) is 0 Å². The minimum atomic E-state index is -0.251. The predicted octanol–water partition coefficient (Wildman–Crippen LogP) is 7.15. The Morgan fingerprint density at radius 2 is 1.57 bits per heavy atom. The van der Waals surface area contributed by atoms with Gasteiger partial charge in [0, 0.05) is 14.3 Å². The molecule has 1 fully saturated rings. The topological polar surface area (TPSA) is 37.4 Å². The molecule has 6 heteroatoms. The average molecular weight is 496 g/mol. The zero-order valence-corrected chi connectivity index (χ0v) is 19.4. The molecule has 0 aromatic heterocycles. The molecule has 3 nitrogen and oxygen atoms in total. The van der Waals surface area contributed by atoms with Gasteiger partial charge in [0.25, 0.3) is 11.1 Å². The lowest BCUT2D eigenvalue weighted by Gasteiger charge is -2.13. The molecule has 0 N–H and O–H groups in total. The third kappa shape index (κ3) is 4.89. The van der Waals surface area contributed by atoms with E-state index in [-0.39, 0.29) is 17.7 Å². The van der Waals surface area contributed by atoms with Crippen molar-refractivity contribution in [3.63, 3.8) is 0 Å². The van der Waals surface area contributed by atoms with Crippen molar-refractivity contribution in [3.05, 3.63) is 98.9 Å². The van der Waals surface area contributed by atoms with Crippen LogP contribution in [0.2, 0.25) is 0 Å². The summed E-state index contributed by atoms with van der Waals surface area (Å²) in [5.41, 5.74) is 3.04. The van der Waals surface area contributed by atoms with E-state index in [1.807, 2.05) is 48.5 Å². The van der Waals surface area contributed by atoms with E-state index in [1.165, 1.54) is 15.4 Å². The van der Waals surface area contributed by atoms with Crippen LogP contribution in [0.1, 0.15) is 16.7 Å². The highest BCUT2D eigenvalue weighted by atomic mass is 79.9. The summed E-state index contributed by atoms with van der Waals surface area (Å²) in [6.07, 6.45) is 1.78. The van der Waals surface area contributed by atoms with Crippen LogP contribution in [0.4, 0.5) is 4.79 Å². The highest BCUT2D eigenvalue weighted by Crippen LogP contribution is 2.35. The zero-order valence-electron chi connectivity index (χ0n) is 16.2. The van der Waals surface area contributed by atoms with E-state index in [4.69, 9.17) is 0 Å². The summed E-state index contributed by atoms with van der Waals surface area (Å²) in [5, 5.41) is -0.242. The number of nitrogens with zero attached hydrogens (tertiary/aromatic N) is 1. The summed E-state index contributed by atoms with van der Waals surface area (Å²) < 4.78 is 0.884. The first kappa shape index (κ1) is 21.0. The van der Waals surface area contributed by atoms with Gasteiger partial charge in [-0.05, 0) is 66.2 Å². The summed E-state index contributed by atoms with van der Waals surface area (Å²) in [5.74, 6) is -0.251. The standard InChI is InChI=1S/C24H18BrNO2S2/c1-16-6-10-19(11-7-16)29-20-12-8-17(9-13-20)14-22-23(27)26(24(28)30-22)15-18-4-2-3-5-21(18)25/h2-14H,15H2,1H3/b22-14-. The molecule has 0 atom stereocenters. The van der Waals surface area contributed by atoms with Crippen LogP contribution in [0, 0.1) is 6.92 Å². The van der Waals surface area contributed by atoms with Gasteiger partial charge in [0.2, 0.25) is 0 Å². The molecule has 3 aromatic carbocycles. The fraction of sp³-hybridized carbons (Fsp3) is 0.0833. The molecule has 0 saturated carbocycles. The number of hydrogen-bond acceptors (Lipinski definition) is 4. The molecule has 1 aliphatic heterocycles. The normalized spacial score (nSPS) is 15.3. The van der Waals surface area contributed by atoms with E-state index in [0.717, 1.165) is 32.3 Å². The van der Waals surface area contributed by atoms with Crippen molar-refractivity contribution in [1.82, 2.24) is 4.90 Å². The van der Waals surface area contributed by atoms with Crippen LogP contribution < -0.4 is 0 Å². The SMILES string of the molecule is Cc1ccc(Sc2ccc(/C=C3\SC(=O)N(Cc4ccccc4Br)C3=O)cc2)cc1. The quantitative estimate of drug-likeness (QED) is 0.352. The predicted molar refractivity (Wildman–Crippen MR) is 127 cm³/mol. The van der Waals surface area contributed by atoms with Gasteiger partial charge >= 0.3 is 0 Å². The fourth-order valence-corrected chi connectivity index (χ4v) is 5.02. The number of halogens is 1. The number of benzene rings is 3. The molecule has 2 amide bonds. The van der Waals surface area contributed by atoms with E-state index in [0.29, 0.717) is 4.91 Å². The second kappa shape index (κ2) is 9.25. The van der Waals surface area contributed by atoms with Crippen LogP contribution in [0.3, 0.4) is 0 Å². The van der Waals surface area contributed by atoms with E-state index in [1.54, 1.807) is 17.8 Å². The number of carbonyl (C=O) groups excluding carboxylic acids is 2. The summed E-state index contributed by atoms with van der Waals surface area (Å²) in [6, 6.07) is 24.0. The lowest BCUT2D eigenvalue weighted by molar-refractivity contribution is -0.123. The molecule has 4 rings (SSSR count). The Bertz CT molecular complexity index is 1120. The minimum absolute atomic E-state index is 0.242. The van der Waals surface area contributed by atoms with Crippen LogP contribution in [0.5, 0.6) is 0 Å². The van der Waals surface area contributed by atoms with Crippen LogP contribution in [-0.2, 0) is 11.3 Å². The van der Waals surface area contributed by atoms with Gasteiger partial charge in [0.1, 0.15) is 0 Å².